The van der Waals surface area contributed by atoms with Gasteiger partial charge in [0.1, 0.15) is 16.7 Å². The predicted molar refractivity (Wildman–Crippen MR) is 52.6 cm³/mol. The van der Waals surface area contributed by atoms with E-state index in [4.69, 9.17) is 5.11 Å². The van der Waals surface area contributed by atoms with Gasteiger partial charge < -0.3 is 5.11 Å². The summed E-state index contributed by atoms with van der Waals surface area (Å²) in [4.78, 5) is 15.2. The molecule has 1 atom stereocenters. The molecule has 0 aliphatic heterocycles. The summed E-state index contributed by atoms with van der Waals surface area (Å²) in [5, 5.41) is 9.58. The van der Waals surface area contributed by atoms with Gasteiger partial charge in [-0.1, -0.05) is 6.92 Å². The van der Waals surface area contributed by atoms with Gasteiger partial charge in [-0.25, -0.2) is 4.98 Å². The lowest BCUT2D eigenvalue weighted by Gasteiger charge is -2.03. The molecular weight excluding hydrogens is 200 g/mol. The molecule has 1 aromatic rings. The van der Waals surface area contributed by atoms with E-state index in [0.29, 0.717) is 17.3 Å². The topological polar surface area (TPSA) is 63.1 Å². The number of carboxylic acids is 1. The third-order valence-electron chi connectivity index (χ3n) is 2.40. The van der Waals surface area contributed by atoms with Gasteiger partial charge in [0, 0.05) is 5.92 Å². The zero-order chi connectivity index (χ0) is 10.1. The minimum absolute atomic E-state index is 0.472. The van der Waals surface area contributed by atoms with Crippen molar-refractivity contribution in [2.45, 2.75) is 38.0 Å². The van der Waals surface area contributed by atoms with Crippen LogP contribution in [0, 0.1) is 0 Å². The van der Waals surface area contributed by atoms with E-state index in [1.54, 1.807) is 0 Å². The predicted octanol–water partition coefficient (Wildman–Crippen LogP) is 1.99. The Morgan fingerprint density at radius 2 is 2.43 bits per heavy atom. The average molecular weight is 212 g/mol. The first kappa shape index (κ1) is 9.58. The van der Waals surface area contributed by atoms with E-state index in [1.165, 1.54) is 11.5 Å². The number of aliphatic carboxylic acids is 1. The molecule has 1 saturated carbocycles. The third-order valence-corrected chi connectivity index (χ3v) is 3.25. The number of aromatic nitrogens is 2. The molecule has 1 aromatic heterocycles. The Kier molecular flexibility index (Phi) is 2.50. The highest BCUT2D eigenvalue weighted by atomic mass is 32.1. The second-order valence-electron chi connectivity index (χ2n) is 3.56. The normalized spacial score (nSPS) is 18.1. The van der Waals surface area contributed by atoms with Gasteiger partial charge in [-0.05, 0) is 30.8 Å². The Balaban J connectivity index is 2.17. The first-order valence-electron chi connectivity index (χ1n) is 4.78. The maximum absolute atomic E-state index is 10.9. The van der Waals surface area contributed by atoms with E-state index in [1.807, 2.05) is 6.92 Å². The van der Waals surface area contributed by atoms with Crippen LogP contribution in [0.2, 0.25) is 0 Å². The molecule has 0 aromatic carbocycles. The smallest absolute Gasteiger partial charge is 0.313 e. The quantitative estimate of drug-likeness (QED) is 0.829. The third kappa shape index (κ3) is 1.77. The molecule has 1 unspecified atom stereocenters. The molecule has 1 heterocycles. The highest BCUT2D eigenvalue weighted by Crippen LogP contribution is 2.39. The van der Waals surface area contributed by atoms with Gasteiger partial charge >= 0.3 is 5.97 Å². The standard InChI is InChI=1S/C9H12N2O2S/c1-2-6(9(12)13)8-10-7(11-14-8)5-3-4-5/h5-6H,2-4H2,1H3,(H,12,13). The second-order valence-corrected chi connectivity index (χ2v) is 4.35. The van der Waals surface area contributed by atoms with Crippen LogP contribution in [-0.4, -0.2) is 20.4 Å². The van der Waals surface area contributed by atoms with Gasteiger partial charge in [0.15, 0.2) is 0 Å². The minimum Gasteiger partial charge on any atom is -0.481 e. The fourth-order valence-electron chi connectivity index (χ4n) is 1.35. The molecule has 1 fully saturated rings. The maximum Gasteiger partial charge on any atom is 0.313 e. The van der Waals surface area contributed by atoms with E-state index in [-0.39, 0.29) is 0 Å². The lowest BCUT2D eigenvalue weighted by atomic mass is 10.1. The van der Waals surface area contributed by atoms with Crippen molar-refractivity contribution in [2.24, 2.45) is 0 Å². The Morgan fingerprint density at radius 1 is 1.71 bits per heavy atom. The summed E-state index contributed by atoms with van der Waals surface area (Å²) >= 11 is 1.24. The minimum atomic E-state index is -0.800. The van der Waals surface area contributed by atoms with Crippen molar-refractivity contribution in [3.8, 4) is 0 Å². The zero-order valence-electron chi connectivity index (χ0n) is 7.93. The molecule has 0 spiro atoms. The van der Waals surface area contributed by atoms with Crippen molar-refractivity contribution in [3.63, 3.8) is 0 Å². The summed E-state index contributed by atoms with van der Waals surface area (Å²) < 4.78 is 4.20. The Hall–Kier alpha value is -0.970. The lowest BCUT2D eigenvalue weighted by molar-refractivity contribution is -0.138. The van der Waals surface area contributed by atoms with Crippen LogP contribution >= 0.6 is 11.5 Å². The lowest BCUT2D eigenvalue weighted by Crippen LogP contribution is -2.10. The maximum atomic E-state index is 10.9. The first-order valence-corrected chi connectivity index (χ1v) is 5.56. The van der Waals surface area contributed by atoms with E-state index >= 15 is 0 Å². The van der Waals surface area contributed by atoms with Crippen LogP contribution in [-0.2, 0) is 4.79 Å². The van der Waals surface area contributed by atoms with Crippen molar-refractivity contribution < 1.29 is 9.90 Å². The van der Waals surface area contributed by atoms with Gasteiger partial charge in [0.05, 0.1) is 0 Å². The van der Waals surface area contributed by atoms with Gasteiger partial charge in [-0.3, -0.25) is 4.79 Å². The summed E-state index contributed by atoms with van der Waals surface area (Å²) in [6, 6.07) is 0. The van der Waals surface area contributed by atoms with Crippen LogP contribution in [0.1, 0.15) is 48.9 Å². The summed E-state index contributed by atoms with van der Waals surface area (Å²) in [6.07, 6.45) is 2.88. The van der Waals surface area contributed by atoms with E-state index in [2.05, 4.69) is 9.36 Å². The molecule has 1 aliphatic carbocycles. The van der Waals surface area contributed by atoms with Crippen LogP contribution < -0.4 is 0 Å². The molecule has 0 saturated heterocycles. The molecule has 4 nitrogen and oxygen atoms in total. The van der Waals surface area contributed by atoms with E-state index < -0.39 is 11.9 Å². The summed E-state index contributed by atoms with van der Waals surface area (Å²) in [5.41, 5.74) is 0. The molecule has 0 radical (unpaired) electrons. The van der Waals surface area contributed by atoms with Crippen LogP contribution in [0.5, 0.6) is 0 Å². The van der Waals surface area contributed by atoms with Gasteiger partial charge in [-0.15, -0.1) is 0 Å². The summed E-state index contributed by atoms with van der Waals surface area (Å²) in [7, 11) is 0. The van der Waals surface area contributed by atoms with Crippen LogP contribution in [0.15, 0.2) is 0 Å². The highest BCUT2D eigenvalue weighted by Gasteiger charge is 2.30. The van der Waals surface area contributed by atoms with Gasteiger partial charge in [0.2, 0.25) is 0 Å². The summed E-state index contributed by atoms with van der Waals surface area (Å²) in [6.45, 7) is 1.86. The number of carboxylic acid groups (broad SMARTS) is 1. The molecule has 2 rings (SSSR count). The van der Waals surface area contributed by atoms with E-state index in [9.17, 15) is 4.79 Å². The molecular formula is C9H12N2O2S. The fourth-order valence-corrected chi connectivity index (χ4v) is 2.26. The Labute approximate surface area is 86.2 Å². The number of hydrogen-bond acceptors (Lipinski definition) is 4. The first-order chi connectivity index (χ1) is 6.72. The average Bonchev–Trinajstić information content (AvgIpc) is 2.88. The highest BCUT2D eigenvalue weighted by molar-refractivity contribution is 7.05. The van der Waals surface area contributed by atoms with Gasteiger partial charge in [-0.2, -0.15) is 4.37 Å². The van der Waals surface area contributed by atoms with Gasteiger partial charge in [0.25, 0.3) is 0 Å². The van der Waals surface area contributed by atoms with Crippen LogP contribution in [0.4, 0.5) is 0 Å². The van der Waals surface area contributed by atoms with Crippen molar-refractivity contribution in [1.29, 1.82) is 0 Å². The fraction of sp³-hybridized carbons (Fsp3) is 0.667. The van der Waals surface area contributed by atoms with Crippen molar-refractivity contribution in [1.82, 2.24) is 9.36 Å². The molecule has 0 amide bonds. The van der Waals surface area contributed by atoms with Crippen LogP contribution in [0.3, 0.4) is 0 Å². The number of carbonyl (C=O) groups is 1. The Bertz CT molecular complexity index is 346. The molecule has 0 bridgehead atoms. The molecule has 14 heavy (non-hydrogen) atoms. The molecule has 76 valence electrons. The number of hydrogen-bond donors (Lipinski definition) is 1. The molecule has 1 N–H and O–H groups in total. The monoisotopic (exact) mass is 212 g/mol. The van der Waals surface area contributed by atoms with E-state index in [0.717, 1.165) is 18.7 Å². The van der Waals surface area contributed by atoms with Crippen molar-refractivity contribution in [3.05, 3.63) is 10.8 Å². The molecule has 5 heteroatoms. The van der Waals surface area contributed by atoms with Crippen LogP contribution in [0.25, 0.3) is 0 Å². The number of rotatable bonds is 4. The zero-order valence-corrected chi connectivity index (χ0v) is 8.75. The van der Waals surface area contributed by atoms with Crippen molar-refractivity contribution in [2.75, 3.05) is 0 Å². The summed E-state index contributed by atoms with van der Waals surface area (Å²) in [5.74, 6) is 0.0852. The second kappa shape index (κ2) is 3.65. The Morgan fingerprint density at radius 3 is 2.93 bits per heavy atom. The SMILES string of the molecule is CCC(C(=O)O)c1nc(C2CC2)ns1. The molecule has 1 aliphatic rings. The number of nitrogens with zero attached hydrogens (tertiary/aromatic N) is 2. The van der Waals surface area contributed by atoms with Crippen molar-refractivity contribution >= 4 is 17.5 Å². The largest absolute Gasteiger partial charge is 0.481 e.